The van der Waals surface area contributed by atoms with Crippen molar-refractivity contribution in [3.63, 3.8) is 0 Å². The third-order valence-corrected chi connectivity index (χ3v) is 7.06. The Bertz CT molecular complexity index is 1190. The zero-order chi connectivity index (χ0) is 24.9. The van der Waals surface area contributed by atoms with Gasteiger partial charge in [-0.1, -0.05) is 25.7 Å². The first-order valence-electron chi connectivity index (χ1n) is 10.9. The maximum Gasteiger partial charge on any atom is 0.340 e. The van der Waals surface area contributed by atoms with E-state index >= 15 is 0 Å². The van der Waals surface area contributed by atoms with Crippen LogP contribution < -0.4 is 10.1 Å². The van der Waals surface area contributed by atoms with Crippen molar-refractivity contribution in [1.29, 1.82) is 0 Å². The normalized spacial score (nSPS) is 11.5. The number of hydrogen-bond donors (Lipinski definition) is 1. The fourth-order valence-electron chi connectivity index (χ4n) is 3.44. The smallest absolute Gasteiger partial charge is 0.340 e. The molecule has 1 aromatic heterocycles. The molecule has 8 nitrogen and oxygen atoms in total. The Morgan fingerprint density at radius 3 is 2.56 bits per heavy atom. The molecule has 182 valence electrons. The number of halogens is 1. The van der Waals surface area contributed by atoms with Crippen LogP contribution in [0.25, 0.3) is 10.9 Å². The Balaban J connectivity index is 1.85. The molecule has 0 unspecified atom stereocenters. The molecule has 0 atom stereocenters. The van der Waals surface area contributed by atoms with E-state index in [-0.39, 0.29) is 24.6 Å². The van der Waals surface area contributed by atoms with Gasteiger partial charge in [-0.2, -0.15) is 5.10 Å². The number of amides is 1. The number of esters is 1. The quantitative estimate of drug-likeness (QED) is 0.262. The lowest BCUT2D eigenvalue weighted by atomic mass is 10.1. The van der Waals surface area contributed by atoms with Crippen LogP contribution in [-0.2, 0) is 22.7 Å². The monoisotopic (exact) mass is 487 g/mol. The zero-order valence-corrected chi connectivity index (χ0v) is 21.1. The average molecular weight is 488 g/mol. The lowest BCUT2D eigenvalue weighted by Gasteiger charge is -2.16. The molecular formula is C24H30FN3O5Si. The van der Waals surface area contributed by atoms with Gasteiger partial charge in [0.2, 0.25) is 0 Å². The highest BCUT2D eigenvalue weighted by atomic mass is 28.3. The van der Waals surface area contributed by atoms with E-state index in [0.717, 1.165) is 17.7 Å². The van der Waals surface area contributed by atoms with E-state index in [1.165, 1.54) is 26.4 Å². The van der Waals surface area contributed by atoms with Crippen molar-refractivity contribution in [2.24, 2.45) is 0 Å². The van der Waals surface area contributed by atoms with Crippen LogP contribution in [0.3, 0.4) is 0 Å². The molecule has 0 radical (unpaired) electrons. The Morgan fingerprint density at radius 1 is 1.12 bits per heavy atom. The van der Waals surface area contributed by atoms with Crippen molar-refractivity contribution in [3.05, 3.63) is 59.0 Å². The van der Waals surface area contributed by atoms with Crippen LogP contribution in [0, 0.1) is 5.82 Å². The van der Waals surface area contributed by atoms with E-state index < -0.39 is 25.8 Å². The zero-order valence-electron chi connectivity index (χ0n) is 20.1. The summed E-state index contributed by atoms with van der Waals surface area (Å²) in [4.78, 5) is 25.1. The largest absolute Gasteiger partial charge is 0.496 e. The molecule has 0 spiro atoms. The van der Waals surface area contributed by atoms with Crippen molar-refractivity contribution in [3.8, 4) is 5.75 Å². The minimum Gasteiger partial charge on any atom is -0.496 e. The molecule has 3 rings (SSSR count). The number of methoxy groups -OCH3 is 2. The summed E-state index contributed by atoms with van der Waals surface area (Å²) in [6.07, 6.45) is 1.63. The van der Waals surface area contributed by atoms with E-state index in [9.17, 15) is 14.0 Å². The van der Waals surface area contributed by atoms with Crippen LogP contribution in [-0.4, -0.2) is 50.6 Å². The number of nitrogens with one attached hydrogen (secondary N) is 1. The molecule has 0 fully saturated rings. The third-order valence-electron chi connectivity index (χ3n) is 5.35. The highest BCUT2D eigenvalue weighted by molar-refractivity contribution is 6.76. The summed E-state index contributed by atoms with van der Waals surface area (Å²) < 4.78 is 31.2. The summed E-state index contributed by atoms with van der Waals surface area (Å²) in [5.74, 6) is -1.24. The van der Waals surface area contributed by atoms with Crippen molar-refractivity contribution >= 4 is 30.9 Å². The molecule has 0 bridgehead atoms. The van der Waals surface area contributed by atoms with Gasteiger partial charge in [0.15, 0.2) is 0 Å². The molecule has 10 heteroatoms. The molecule has 1 heterocycles. The summed E-state index contributed by atoms with van der Waals surface area (Å²) in [5.41, 5.74) is 1.75. The van der Waals surface area contributed by atoms with Gasteiger partial charge in [-0.15, -0.1) is 0 Å². The van der Waals surface area contributed by atoms with Crippen LogP contribution >= 0.6 is 0 Å². The second-order valence-corrected chi connectivity index (χ2v) is 14.7. The van der Waals surface area contributed by atoms with Crippen molar-refractivity contribution in [1.82, 2.24) is 15.1 Å². The predicted octanol–water partition coefficient (Wildman–Crippen LogP) is 4.21. The number of rotatable bonds is 10. The van der Waals surface area contributed by atoms with Crippen molar-refractivity contribution < 1.29 is 28.2 Å². The van der Waals surface area contributed by atoms with Gasteiger partial charge in [-0.05, 0) is 35.9 Å². The number of aromatic nitrogens is 2. The SMILES string of the molecule is COC(=O)c1ccc(CNC(=O)c2cc(F)ccc2OC)c2cnn(COCC[Si](C)(C)C)c12. The molecule has 34 heavy (non-hydrogen) atoms. The van der Waals surface area contributed by atoms with Gasteiger partial charge in [0.05, 0.1) is 37.1 Å². The molecule has 3 aromatic rings. The molecule has 1 N–H and O–H groups in total. The van der Waals surface area contributed by atoms with Crippen LogP contribution in [0.1, 0.15) is 26.3 Å². The maximum absolute atomic E-state index is 13.7. The number of carbonyl (C=O) groups is 2. The van der Waals surface area contributed by atoms with Crippen molar-refractivity contribution in [2.75, 3.05) is 20.8 Å². The summed E-state index contributed by atoms with van der Waals surface area (Å²) in [6.45, 7) is 7.75. The first-order chi connectivity index (χ1) is 16.1. The number of hydrogen-bond acceptors (Lipinski definition) is 6. The minimum atomic E-state index is -1.24. The fourth-order valence-corrected chi connectivity index (χ4v) is 4.20. The minimum absolute atomic E-state index is 0.0939. The molecule has 0 saturated heterocycles. The lowest BCUT2D eigenvalue weighted by Crippen LogP contribution is -2.24. The molecule has 0 saturated carbocycles. The molecule has 2 aromatic carbocycles. The highest BCUT2D eigenvalue weighted by Gasteiger charge is 2.20. The highest BCUT2D eigenvalue weighted by Crippen LogP contribution is 2.25. The number of benzene rings is 2. The summed E-state index contributed by atoms with van der Waals surface area (Å²) in [5, 5.41) is 7.87. The van der Waals surface area contributed by atoms with Gasteiger partial charge < -0.3 is 19.5 Å². The van der Waals surface area contributed by atoms with E-state index in [4.69, 9.17) is 14.2 Å². The Hall–Kier alpha value is -3.24. The molecule has 0 aliphatic rings. The summed E-state index contributed by atoms with van der Waals surface area (Å²) >= 11 is 0. The number of nitrogens with zero attached hydrogens (tertiary/aromatic N) is 2. The molecule has 0 aliphatic heterocycles. The van der Waals surface area contributed by atoms with Gasteiger partial charge in [-0.25, -0.2) is 13.9 Å². The second kappa shape index (κ2) is 10.8. The van der Waals surface area contributed by atoms with Crippen LogP contribution in [0.4, 0.5) is 4.39 Å². The van der Waals surface area contributed by atoms with E-state index in [1.807, 2.05) is 0 Å². The summed E-state index contributed by atoms with van der Waals surface area (Å²) in [7, 11) is 1.50. The fraction of sp³-hybridized carbons (Fsp3) is 0.375. The van der Waals surface area contributed by atoms with Crippen LogP contribution in [0.2, 0.25) is 25.7 Å². The Kier molecular flexibility index (Phi) is 8.05. The molecule has 0 aliphatic carbocycles. The lowest BCUT2D eigenvalue weighted by molar-refractivity contribution is 0.0599. The number of carbonyl (C=O) groups excluding carboxylic acids is 2. The number of fused-ring (bicyclic) bond motifs is 1. The van der Waals surface area contributed by atoms with Crippen LogP contribution in [0.15, 0.2) is 36.5 Å². The third kappa shape index (κ3) is 6.00. The van der Waals surface area contributed by atoms with Gasteiger partial charge in [-0.3, -0.25) is 4.79 Å². The predicted molar refractivity (Wildman–Crippen MR) is 129 cm³/mol. The average Bonchev–Trinajstić information content (AvgIpc) is 3.23. The Labute approximate surface area is 199 Å². The van der Waals surface area contributed by atoms with E-state index in [1.54, 1.807) is 23.0 Å². The Morgan fingerprint density at radius 2 is 1.88 bits per heavy atom. The van der Waals surface area contributed by atoms with Gasteiger partial charge >= 0.3 is 5.97 Å². The number of ether oxygens (including phenoxy) is 3. The topological polar surface area (TPSA) is 91.7 Å². The maximum atomic E-state index is 13.7. The van der Waals surface area contributed by atoms with E-state index in [2.05, 4.69) is 30.1 Å². The first-order valence-corrected chi connectivity index (χ1v) is 14.6. The van der Waals surface area contributed by atoms with Gasteiger partial charge in [0, 0.05) is 26.6 Å². The molecule has 1 amide bonds. The summed E-state index contributed by atoms with van der Waals surface area (Å²) in [6, 6.07) is 8.13. The standard InChI is InChI=1S/C24H30FN3O5Si/c1-31-21-9-7-17(25)12-19(21)23(29)26-13-16-6-8-18(24(30)32-2)22-20(16)14-27-28(22)15-33-10-11-34(3,4)5/h6-9,12,14H,10-11,13,15H2,1-5H3,(H,26,29). The van der Waals surface area contributed by atoms with Gasteiger partial charge in [0.25, 0.3) is 5.91 Å². The second-order valence-electron chi connectivity index (χ2n) is 9.05. The van der Waals surface area contributed by atoms with E-state index in [0.29, 0.717) is 23.1 Å². The molecular weight excluding hydrogens is 457 g/mol. The van der Waals surface area contributed by atoms with Gasteiger partial charge in [0.1, 0.15) is 18.3 Å². The van der Waals surface area contributed by atoms with Crippen LogP contribution in [0.5, 0.6) is 5.75 Å². The van der Waals surface area contributed by atoms with Crippen molar-refractivity contribution in [2.45, 2.75) is 39.0 Å². The first kappa shape index (κ1) is 25.4.